The van der Waals surface area contributed by atoms with Crippen LogP contribution in [0.5, 0.6) is 0 Å². The van der Waals surface area contributed by atoms with Crippen LogP contribution in [0.1, 0.15) is 0 Å². The highest BCUT2D eigenvalue weighted by atomic mass is 35.5. The smallest absolute Gasteiger partial charge is 0.0671 e. The Bertz CT molecular complexity index is 495. The van der Waals surface area contributed by atoms with Crippen LogP contribution >= 0.6 is 35.8 Å². The third-order valence-corrected chi connectivity index (χ3v) is 3.35. The number of rotatable bonds is 1. The molecule has 0 aromatic heterocycles. The molecule has 0 spiro atoms. The van der Waals surface area contributed by atoms with Crippen molar-refractivity contribution in [1.82, 2.24) is 0 Å². The summed E-state index contributed by atoms with van der Waals surface area (Å²) in [5, 5.41) is 1.13. The Balaban J connectivity index is 2.65. The molecule has 2 aromatic rings. The zero-order valence-electron chi connectivity index (χ0n) is 7.74. The Morgan fingerprint density at radius 1 is 0.800 bits per heavy atom. The van der Waals surface area contributed by atoms with Gasteiger partial charge in [-0.05, 0) is 17.7 Å². The predicted octanol–water partition coefficient (Wildman–Crippen LogP) is 4.95. The molecule has 15 heavy (non-hydrogen) atoms. The van der Waals surface area contributed by atoms with Crippen LogP contribution in [-0.4, -0.2) is 0 Å². The largest absolute Gasteiger partial charge is 0.143 e. The SMILES string of the molecule is Sc1ccccc1-c1cccc(Cl)c1Cl. The van der Waals surface area contributed by atoms with E-state index in [1.807, 2.05) is 36.4 Å². The molecule has 3 heteroatoms. The summed E-state index contributed by atoms with van der Waals surface area (Å²) in [7, 11) is 0. The average molecular weight is 255 g/mol. The first-order valence-corrected chi connectivity index (χ1v) is 5.63. The molecule has 0 nitrogen and oxygen atoms in total. The van der Waals surface area contributed by atoms with E-state index in [9.17, 15) is 0 Å². The minimum absolute atomic E-state index is 0.561. The maximum atomic E-state index is 6.13. The summed E-state index contributed by atoms with van der Waals surface area (Å²) in [6, 6.07) is 13.4. The molecule has 0 heterocycles. The van der Waals surface area contributed by atoms with E-state index >= 15 is 0 Å². The molecule has 2 aromatic carbocycles. The van der Waals surface area contributed by atoms with Gasteiger partial charge in [-0.25, -0.2) is 0 Å². The Morgan fingerprint density at radius 3 is 2.20 bits per heavy atom. The van der Waals surface area contributed by atoms with Gasteiger partial charge in [0.15, 0.2) is 0 Å². The summed E-state index contributed by atoms with van der Waals surface area (Å²) in [5.41, 5.74) is 1.91. The van der Waals surface area contributed by atoms with E-state index in [-0.39, 0.29) is 0 Å². The summed E-state index contributed by atoms with van der Waals surface area (Å²) in [4.78, 5) is 0.890. The lowest BCUT2D eigenvalue weighted by molar-refractivity contribution is 1.46. The monoisotopic (exact) mass is 254 g/mol. The molecule has 0 amide bonds. The molecule has 0 saturated carbocycles. The van der Waals surface area contributed by atoms with Gasteiger partial charge in [0.2, 0.25) is 0 Å². The maximum absolute atomic E-state index is 6.13. The molecule has 0 bridgehead atoms. The molecule has 0 aliphatic heterocycles. The minimum Gasteiger partial charge on any atom is -0.143 e. The van der Waals surface area contributed by atoms with Crippen LogP contribution in [-0.2, 0) is 0 Å². The first-order chi connectivity index (χ1) is 7.20. The van der Waals surface area contributed by atoms with Crippen molar-refractivity contribution < 1.29 is 0 Å². The fourth-order valence-electron chi connectivity index (χ4n) is 1.41. The molecule has 0 aliphatic rings. The Kier molecular flexibility index (Phi) is 3.25. The first kappa shape index (κ1) is 10.9. The van der Waals surface area contributed by atoms with Crippen molar-refractivity contribution in [2.24, 2.45) is 0 Å². The highest BCUT2D eigenvalue weighted by Crippen LogP contribution is 2.35. The zero-order valence-corrected chi connectivity index (χ0v) is 10.2. The molecule has 0 atom stereocenters. The van der Waals surface area contributed by atoms with E-state index in [0.29, 0.717) is 10.0 Å². The fraction of sp³-hybridized carbons (Fsp3) is 0. The van der Waals surface area contributed by atoms with Crippen LogP contribution in [0.4, 0.5) is 0 Å². The van der Waals surface area contributed by atoms with Gasteiger partial charge in [0, 0.05) is 10.5 Å². The summed E-state index contributed by atoms with van der Waals surface area (Å²) < 4.78 is 0. The third-order valence-electron chi connectivity index (χ3n) is 2.15. The lowest BCUT2D eigenvalue weighted by atomic mass is 10.1. The molecule has 76 valence electrons. The van der Waals surface area contributed by atoms with Gasteiger partial charge < -0.3 is 0 Å². The maximum Gasteiger partial charge on any atom is 0.0671 e. The zero-order chi connectivity index (χ0) is 10.8. The lowest BCUT2D eigenvalue weighted by Gasteiger charge is -2.07. The van der Waals surface area contributed by atoms with Crippen LogP contribution in [0.2, 0.25) is 10.0 Å². The van der Waals surface area contributed by atoms with Gasteiger partial charge in [0.1, 0.15) is 0 Å². The number of hydrogen-bond donors (Lipinski definition) is 1. The van der Waals surface area contributed by atoms with Gasteiger partial charge >= 0.3 is 0 Å². The van der Waals surface area contributed by atoms with Gasteiger partial charge in [-0.1, -0.05) is 53.5 Å². The van der Waals surface area contributed by atoms with Gasteiger partial charge in [0.25, 0.3) is 0 Å². The predicted molar refractivity (Wildman–Crippen MR) is 69.2 cm³/mol. The van der Waals surface area contributed by atoms with E-state index in [4.69, 9.17) is 23.2 Å². The summed E-state index contributed by atoms with van der Waals surface area (Å²) >= 11 is 16.5. The Labute approximate surface area is 104 Å². The lowest BCUT2D eigenvalue weighted by Crippen LogP contribution is -1.82. The molecular weight excluding hydrogens is 247 g/mol. The van der Waals surface area contributed by atoms with Crippen LogP contribution in [0.3, 0.4) is 0 Å². The van der Waals surface area contributed by atoms with Gasteiger partial charge in [-0.3, -0.25) is 0 Å². The van der Waals surface area contributed by atoms with E-state index in [1.165, 1.54) is 0 Å². The Hall–Kier alpha value is -0.630. The highest BCUT2D eigenvalue weighted by molar-refractivity contribution is 7.80. The second-order valence-corrected chi connectivity index (χ2v) is 4.39. The molecule has 2 rings (SSSR count). The van der Waals surface area contributed by atoms with Gasteiger partial charge in [-0.15, -0.1) is 12.6 Å². The van der Waals surface area contributed by atoms with Crippen molar-refractivity contribution in [3.05, 3.63) is 52.5 Å². The van der Waals surface area contributed by atoms with Crippen molar-refractivity contribution in [2.75, 3.05) is 0 Å². The average Bonchev–Trinajstić information content (AvgIpc) is 2.23. The standard InChI is InChI=1S/C12H8Cl2S/c13-10-6-3-5-9(12(10)14)8-4-1-2-7-11(8)15/h1-7,15H. The van der Waals surface area contributed by atoms with Crippen molar-refractivity contribution in [2.45, 2.75) is 4.90 Å². The number of benzene rings is 2. The topological polar surface area (TPSA) is 0 Å². The van der Waals surface area contributed by atoms with Crippen molar-refractivity contribution in [3.8, 4) is 11.1 Å². The van der Waals surface area contributed by atoms with Crippen LogP contribution < -0.4 is 0 Å². The van der Waals surface area contributed by atoms with Crippen molar-refractivity contribution >= 4 is 35.8 Å². The van der Waals surface area contributed by atoms with Crippen molar-refractivity contribution in [1.29, 1.82) is 0 Å². The summed E-state index contributed by atoms with van der Waals surface area (Å²) in [5.74, 6) is 0. The number of halogens is 2. The second-order valence-electron chi connectivity index (χ2n) is 3.12. The van der Waals surface area contributed by atoms with E-state index < -0.39 is 0 Å². The van der Waals surface area contributed by atoms with E-state index in [0.717, 1.165) is 16.0 Å². The molecule has 0 radical (unpaired) electrons. The van der Waals surface area contributed by atoms with E-state index in [2.05, 4.69) is 12.6 Å². The number of thiol groups is 1. The molecule has 0 aliphatic carbocycles. The van der Waals surface area contributed by atoms with Crippen LogP contribution in [0, 0.1) is 0 Å². The fourth-order valence-corrected chi connectivity index (χ4v) is 2.10. The van der Waals surface area contributed by atoms with Crippen LogP contribution in [0.25, 0.3) is 11.1 Å². The first-order valence-electron chi connectivity index (χ1n) is 4.42. The molecule has 0 saturated heterocycles. The summed E-state index contributed by atoms with van der Waals surface area (Å²) in [6.45, 7) is 0. The Morgan fingerprint density at radius 2 is 1.47 bits per heavy atom. The minimum atomic E-state index is 0.561. The highest BCUT2D eigenvalue weighted by Gasteiger charge is 2.08. The quantitative estimate of drug-likeness (QED) is 0.685. The third kappa shape index (κ3) is 2.15. The normalized spacial score (nSPS) is 10.3. The van der Waals surface area contributed by atoms with Gasteiger partial charge in [-0.2, -0.15) is 0 Å². The molecule has 0 N–H and O–H groups in total. The molecular formula is C12H8Cl2S. The molecule has 0 unspecified atom stereocenters. The van der Waals surface area contributed by atoms with Crippen molar-refractivity contribution in [3.63, 3.8) is 0 Å². The number of hydrogen-bond acceptors (Lipinski definition) is 1. The summed E-state index contributed by atoms with van der Waals surface area (Å²) in [6.07, 6.45) is 0. The van der Waals surface area contributed by atoms with Crippen LogP contribution in [0.15, 0.2) is 47.4 Å². The van der Waals surface area contributed by atoms with E-state index in [1.54, 1.807) is 6.07 Å². The second kappa shape index (κ2) is 4.48. The van der Waals surface area contributed by atoms with Gasteiger partial charge in [0.05, 0.1) is 10.0 Å². The molecule has 0 fully saturated rings.